The average Bonchev–Trinajstić information content (AvgIpc) is 3.40. The number of hydrogen-bond acceptors (Lipinski definition) is 5. The summed E-state index contributed by atoms with van der Waals surface area (Å²) >= 11 is 5.90. The second kappa shape index (κ2) is 8.02. The average molecular weight is 395 g/mol. The van der Waals surface area contributed by atoms with Crippen LogP contribution in [0.2, 0.25) is 5.02 Å². The minimum absolute atomic E-state index is 0.156. The third kappa shape index (κ3) is 4.24. The summed E-state index contributed by atoms with van der Waals surface area (Å²) < 4.78 is 16.5. The Morgan fingerprint density at radius 2 is 1.96 bits per heavy atom. The number of benzene rings is 2. The Morgan fingerprint density at radius 3 is 2.75 bits per heavy atom. The van der Waals surface area contributed by atoms with Crippen molar-refractivity contribution < 1.29 is 18.4 Å². The SMILES string of the molecule is O=C(Nc1cccc(OCc2ncc(-c3ccc(Cl)cc3)o2)c1)c1ccco1. The van der Waals surface area contributed by atoms with Gasteiger partial charge in [-0.05, 0) is 48.5 Å². The van der Waals surface area contributed by atoms with E-state index < -0.39 is 0 Å². The molecule has 2 heterocycles. The van der Waals surface area contributed by atoms with Crippen LogP contribution in [-0.2, 0) is 6.61 Å². The van der Waals surface area contributed by atoms with Gasteiger partial charge in [0.05, 0.1) is 12.5 Å². The van der Waals surface area contributed by atoms with E-state index in [0.717, 1.165) is 5.56 Å². The molecular formula is C21H15ClN2O4. The van der Waals surface area contributed by atoms with Gasteiger partial charge in [-0.25, -0.2) is 4.98 Å². The van der Waals surface area contributed by atoms with E-state index in [9.17, 15) is 4.79 Å². The van der Waals surface area contributed by atoms with E-state index in [2.05, 4.69) is 10.3 Å². The highest BCUT2D eigenvalue weighted by Crippen LogP contribution is 2.24. The third-order valence-corrected chi connectivity index (χ3v) is 4.13. The molecule has 140 valence electrons. The van der Waals surface area contributed by atoms with Gasteiger partial charge in [-0.15, -0.1) is 0 Å². The Balaban J connectivity index is 1.39. The van der Waals surface area contributed by atoms with Crippen LogP contribution in [0.1, 0.15) is 16.4 Å². The molecule has 0 fully saturated rings. The highest BCUT2D eigenvalue weighted by atomic mass is 35.5. The van der Waals surface area contributed by atoms with Gasteiger partial charge < -0.3 is 18.9 Å². The first kappa shape index (κ1) is 17.9. The summed E-state index contributed by atoms with van der Waals surface area (Å²) in [6, 6.07) is 17.6. The highest BCUT2D eigenvalue weighted by Gasteiger charge is 2.10. The lowest BCUT2D eigenvalue weighted by Gasteiger charge is -2.07. The van der Waals surface area contributed by atoms with Crippen molar-refractivity contribution in [1.82, 2.24) is 4.98 Å². The van der Waals surface area contributed by atoms with Gasteiger partial charge >= 0.3 is 0 Å². The molecule has 1 amide bonds. The number of furan rings is 1. The zero-order valence-electron chi connectivity index (χ0n) is 14.6. The Hall–Kier alpha value is -3.51. The number of nitrogens with zero attached hydrogens (tertiary/aromatic N) is 1. The molecule has 0 saturated heterocycles. The van der Waals surface area contributed by atoms with Crippen molar-refractivity contribution in [2.75, 3.05) is 5.32 Å². The van der Waals surface area contributed by atoms with Crippen LogP contribution in [0.25, 0.3) is 11.3 Å². The monoisotopic (exact) mass is 394 g/mol. The number of amides is 1. The van der Waals surface area contributed by atoms with Crippen LogP contribution >= 0.6 is 11.6 Å². The molecule has 0 aliphatic rings. The third-order valence-electron chi connectivity index (χ3n) is 3.88. The molecule has 2 aromatic carbocycles. The summed E-state index contributed by atoms with van der Waals surface area (Å²) in [6.07, 6.45) is 3.09. The predicted octanol–water partition coefficient (Wildman–Crippen LogP) is 5.42. The van der Waals surface area contributed by atoms with Gasteiger partial charge in [0, 0.05) is 22.3 Å². The van der Waals surface area contributed by atoms with Gasteiger partial charge in [-0.1, -0.05) is 17.7 Å². The molecule has 0 bridgehead atoms. The largest absolute Gasteiger partial charge is 0.484 e. The number of carbonyl (C=O) groups excluding carboxylic acids is 1. The number of anilines is 1. The molecular weight excluding hydrogens is 380 g/mol. The smallest absolute Gasteiger partial charge is 0.291 e. The molecule has 4 rings (SSSR count). The molecule has 0 atom stereocenters. The van der Waals surface area contributed by atoms with Crippen LogP contribution in [0, 0.1) is 0 Å². The minimum Gasteiger partial charge on any atom is -0.484 e. The van der Waals surface area contributed by atoms with Gasteiger partial charge in [0.25, 0.3) is 5.91 Å². The van der Waals surface area contributed by atoms with Gasteiger partial charge in [0.1, 0.15) is 5.75 Å². The van der Waals surface area contributed by atoms with Gasteiger partial charge in [0.2, 0.25) is 5.89 Å². The Kier molecular flexibility index (Phi) is 5.12. The molecule has 0 saturated carbocycles. The van der Waals surface area contributed by atoms with E-state index in [-0.39, 0.29) is 18.3 Å². The number of aromatic nitrogens is 1. The summed E-state index contributed by atoms with van der Waals surface area (Å²) in [5, 5.41) is 3.41. The van der Waals surface area contributed by atoms with Crippen molar-refractivity contribution in [3.05, 3.63) is 89.8 Å². The van der Waals surface area contributed by atoms with Crippen LogP contribution in [0.4, 0.5) is 5.69 Å². The number of hydrogen-bond donors (Lipinski definition) is 1. The quantitative estimate of drug-likeness (QED) is 0.472. The van der Waals surface area contributed by atoms with E-state index in [1.54, 1.807) is 54.7 Å². The van der Waals surface area contributed by atoms with Crippen molar-refractivity contribution in [2.45, 2.75) is 6.61 Å². The van der Waals surface area contributed by atoms with E-state index >= 15 is 0 Å². The fraction of sp³-hybridized carbons (Fsp3) is 0.0476. The number of rotatable bonds is 6. The summed E-state index contributed by atoms with van der Waals surface area (Å²) in [5.41, 5.74) is 1.47. The molecule has 4 aromatic rings. The van der Waals surface area contributed by atoms with Crippen LogP contribution in [-0.4, -0.2) is 10.9 Å². The maximum absolute atomic E-state index is 12.0. The Morgan fingerprint density at radius 1 is 1.11 bits per heavy atom. The van der Waals surface area contributed by atoms with E-state index in [1.165, 1.54) is 6.26 Å². The number of carbonyl (C=O) groups is 1. The molecule has 1 N–H and O–H groups in total. The van der Waals surface area contributed by atoms with Crippen LogP contribution in [0.5, 0.6) is 5.75 Å². The zero-order chi connectivity index (χ0) is 19.3. The molecule has 0 spiro atoms. The first-order chi connectivity index (χ1) is 13.7. The number of oxazole rings is 1. The topological polar surface area (TPSA) is 77.5 Å². The second-order valence-electron chi connectivity index (χ2n) is 5.87. The fourth-order valence-corrected chi connectivity index (χ4v) is 2.66. The lowest BCUT2D eigenvalue weighted by Crippen LogP contribution is -2.10. The van der Waals surface area contributed by atoms with Crippen molar-refractivity contribution in [2.24, 2.45) is 0 Å². The normalized spacial score (nSPS) is 10.6. The zero-order valence-corrected chi connectivity index (χ0v) is 15.3. The molecule has 0 unspecified atom stereocenters. The standard InChI is InChI=1S/C21H15ClN2O4/c22-15-8-6-14(7-9-15)19-12-23-20(28-19)13-27-17-4-1-3-16(11-17)24-21(25)18-5-2-10-26-18/h1-12H,13H2,(H,24,25). The van der Waals surface area contributed by atoms with Crippen LogP contribution < -0.4 is 10.1 Å². The first-order valence-electron chi connectivity index (χ1n) is 8.46. The maximum Gasteiger partial charge on any atom is 0.291 e. The molecule has 2 aromatic heterocycles. The second-order valence-corrected chi connectivity index (χ2v) is 6.31. The van der Waals surface area contributed by atoms with Crippen LogP contribution in [0.3, 0.4) is 0 Å². The van der Waals surface area contributed by atoms with Gasteiger partial charge in [0.15, 0.2) is 18.1 Å². The number of nitrogens with one attached hydrogen (secondary N) is 1. The number of halogens is 1. The van der Waals surface area contributed by atoms with Crippen molar-refractivity contribution in [3.63, 3.8) is 0 Å². The van der Waals surface area contributed by atoms with Crippen molar-refractivity contribution in [3.8, 4) is 17.1 Å². The molecule has 0 aliphatic carbocycles. The number of ether oxygens (including phenoxy) is 1. The lowest BCUT2D eigenvalue weighted by molar-refractivity contribution is 0.0996. The molecule has 7 heteroatoms. The summed E-state index contributed by atoms with van der Waals surface area (Å²) in [6.45, 7) is 0.156. The lowest BCUT2D eigenvalue weighted by atomic mass is 10.2. The van der Waals surface area contributed by atoms with Crippen molar-refractivity contribution in [1.29, 1.82) is 0 Å². The van der Waals surface area contributed by atoms with E-state index in [0.29, 0.717) is 28.1 Å². The molecule has 0 radical (unpaired) electrons. The van der Waals surface area contributed by atoms with Crippen LogP contribution in [0.15, 0.2) is 82.0 Å². The molecule has 6 nitrogen and oxygen atoms in total. The minimum atomic E-state index is -0.331. The predicted molar refractivity (Wildman–Crippen MR) is 104 cm³/mol. The summed E-state index contributed by atoms with van der Waals surface area (Å²) in [5.74, 6) is 1.55. The molecule has 0 aliphatic heterocycles. The van der Waals surface area contributed by atoms with Gasteiger partial charge in [-0.3, -0.25) is 4.79 Å². The maximum atomic E-state index is 12.0. The van der Waals surface area contributed by atoms with Crippen molar-refractivity contribution >= 4 is 23.2 Å². The molecule has 28 heavy (non-hydrogen) atoms. The first-order valence-corrected chi connectivity index (χ1v) is 8.83. The Bertz CT molecular complexity index is 1070. The summed E-state index contributed by atoms with van der Waals surface area (Å²) in [7, 11) is 0. The Labute approximate surface area is 165 Å². The summed E-state index contributed by atoms with van der Waals surface area (Å²) in [4.78, 5) is 16.3. The van der Waals surface area contributed by atoms with E-state index in [1.807, 2.05) is 12.1 Å². The fourth-order valence-electron chi connectivity index (χ4n) is 2.53. The van der Waals surface area contributed by atoms with Gasteiger partial charge in [-0.2, -0.15) is 0 Å². The highest BCUT2D eigenvalue weighted by molar-refractivity contribution is 6.30. The van der Waals surface area contributed by atoms with E-state index in [4.69, 9.17) is 25.2 Å².